The zero-order valence-corrected chi connectivity index (χ0v) is 22.7. The number of alkyl halides is 3. The van der Waals surface area contributed by atoms with Crippen LogP contribution in [0, 0.1) is 0 Å². The highest BCUT2D eigenvalue weighted by Gasteiger charge is 2.25. The minimum atomic E-state index is -4.00. The largest absolute Gasteiger partial charge is 0.389 e. The van der Waals surface area contributed by atoms with Crippen molar-refractivity contribution in [3.05, 3.63) is 60.2 Å². The topological polar surface area (TPSA) is 46.2 Å². The maximum Gasteiger partial charge on any atom is 0.389 e. The number of unbranched alkanes of at least 4 members (excludes halogenated alkanes) is 12. The van der Waals surface area contributed by atoms with E-state index in [-0.39, 0.29) is 18.0 Å². The van der Waals surface area contributed by atoms with E-state index in [4.69, 9.17) is 0 Å². The highest BCUT2D eigenvalue weighted by molar-refractivity contribution is 7.85. The molecule has 0 bridgehead atoms. The van der Waals surface area contributed by atoms with Crippen molar-refractivity contribution < 1.29 is 22.2 Å². The van der Waals surface area contributed by atoms with Gasteiger partial charge in [-0.15, -0.1) is 0 Å². The second-order valence-corrected chi connectivity index (χ2v) is 11.1. The van der Waals surface area contributed by atoms with Crippen LogP contribution in [0.3, 0.4) is 0 Å². The molecular formula is C30H42F3NO2S. The highest BCUT2D eigenvalue weighted by atomic mass is 32.2. The quantitative estimate of drug-likeness (QED) is 0.135. The molecule has 1 N–H and O–H groups in total. The summed E-state index contributed by atoms with van der Waals surface area (Å²) in [7, 11) is -1.33. The number of rotatable bonds is 20. The van der Waals surface area contributed by atoms with Gasteiger partial charge in [-0.05, 0) is 49.2 Å². The molecule has 0 fully saturated rings. The van der Waals surface area contributed by atoms with Gasteiger partial charge in [0.25, 0.3) is 0 Å². The summed E-state index contributed by atoms with van der Waals surface area (Å²) in [6, 6.07) is 16.4. The molecule has 0 aliphatic rings. The van der Waals surface area contributed by atoms with Crippen LogP contribution in [0.4, 0.5) is 18.9 Å². The Labute approximate surface area is 223 Å². The SMILES string of the molecule is O=C(CS(=O)c1ccccc1)c1ccc(NCCCCCCCCCCCCCCCC(F)(F)F)cc1. The van der Waals surface area contributed by atoms with Crippen molar-refractivity contribution in [3.8, 4) is 0 Å². The Morgan fingerprint density at radius 3 is 1.68 bits per heavy atom. The maximum atomic E-state index is 12.4. The van der Waals surface area contributed by atoms with Crippen LogP contribution in [0.1, 0.15) is 100 Å². The predicted octanol–water partition coefficient (Wildman–Crippen LogP) is 9.11. The standard InChI is InChI=1S/C30H42F3NO2S/c31-30(32,33)23-15-10-8-6-4-2-1-3-5-7-9-11-16-24-34-27-21-19-26(20-22-27)29(35)25-37(36)28-17-13-12-14-18-28/h12-14,17-22,34H,1-11,15-16,23-25H2. The number of hydrogen-bond acceptors (Lipinski definition) is 3. The second-order valence-electron chi connectivity index (χ2n) is 9.69. The molecule has 206 valence electrons. The maximum absolute atomic E-state index is 12.4. The fraction of sp³-hybridized carbons (Fsp3) is 0.567. The van der Waals surface area contributed by atoms with Gasteiger partial charge in [0.2, 0.25) is 0 Å². The summed E-state index contributed by atoms with van der Waals surface area (Å²) in [6.07, 6.45) is 9.12. The number of halogens is 3. The molecule has 3 nitrogen and oxygen atoms in total. The zero-order valence-electron chi connectivity index (χ0n) is 21.9. The van der Waals surface area contributed by atoms with Gasteiger partial charge in [0.15, 0.2) is 5.78 Å². The van der Waals surface area contributed by atoms with Crippen LogP contribution in [0.5, 0.6) is 0 Å². The van der Waals surface area contributed by atoms with E-state index in [2.05, 4.69) is 5.32 Å². The van der Waals surface area contributed by atoms with Gasteiger partial charge in [-0.3, -0.25) is 9.00 Å². The van der Waals surface area contributed by atoms with Gasteiger partial charge in [-0.25, -0.2) is 0 Å². The third-order valence-electron chi connectivity index (χ3n) is 6.44. The molecule has 0 saturated heterocycles. The number of hydrogen-bond donors (Lipinski definition) is 1. The summed E-state index contributed by atoms with van der Waals surface area (Å²) >= 11 is 0. The molecular weight excluding hydrogens is 495 g/mol. The molecule has 0 saturated carbocycles. The molecule has 2 rings (SSSR count). The lowest BCUT2D eigenvalue weighted by Gasteiger charge is -2.08. The van der Waals surface area contributed by atoms with E-state index in [0.29, 0.717) is 16.9 Å². The van der Waals surface area contributed by atoms with Crippen molar-refractivity contribution in [3.63, 3.8) is 0 Å². The molecule has 0 spiro atoms. The summed E-state index contributed by atoms with van der Waals surface area (Å²) in [5, 5.41) is 3.40. The lowest BCUT2D eigenvalue weighted by molar-refractivity contribution is -0.135. The van der Waals surface area contributed by atoms with Gasteiger partial charge in [0, 0.05) is 29.1 Å². The molecule has 0 radical (unpaired) electrons. The Morgan fingerprint density at radius 1 is 0.676 bits per heavy atom. The number of Topliss-reactive ketones (excluding diaryl/α,β-unsaturated/α-hetero) is 1. The van der Waals surface area contributed by atoms with E-state index < -0.39 is 23.4 Å². The summed E-state index contributed by atoms with van der Waals surface area (Å²) in [5.41, 5.74) is 1.57. The number of carbonyl (C=O) groups excluding carboxylic acids is 1. The fourth-order valence-electron chi connectivity index (χ4n) is 4.26. The lowest BCUT2D eigenvalue weighted by atomic mass is 10.0. The van der Waals surface area contributed by atoms with E-state index in [1.165, 1.54) is 44.9 Å². The van der Waals surface area contributed by atoms with Gasteiger partial charge in [0.1, 0.15) is 0 Å². The monoisotopic (exact) mass is 537 g/mol. The molecule has 2 aromatic rings. The molecule has 1 unspecified atom stereocenters. The molecule has 0 aliphatic heterocycles. The average Bonchev–Trinajstić information content (AvgIpc) is 2.88. The van der Waals surface area contributed by atoms with Gasteiger partial charge >= 0.3 is 6.18 Å². The Kier molecular flexibility index (Phi) is 15.2. The van der Waals surface area contributed by atoms with E-state index in [9.17, 15) is 22.2 Å². The fourth-order valence-corrected chi connectivity index (χ4v) is 5.29. The number of ketones is 1. The van der Waals surface area contributed by atoms with E-state index >= 15 is 0 Å². The minimum absolute atomic E-state index is 0.00879. The van der Waals surface area contributed by atoms with E-state index in [1.807, 2.05) is 30.3 Å². The Balaban J connectivity index is 1.42. The van der Waals surface area contributed by atoms with E-state index in [0.717, 1.165) is 37.9 Å². The van der Waals surface area contributed by atoms with Gasteiger partial charge in [-0.1, -0.05) is 88.8 Å². The first kappa shape index (κ1) is 31.1. The number of anilines is 1. The minimum Gasteiger partial charge on any atom is -0.385 e. The van der Waals surface area contributed by atoms with Crippen LogP contribution in [-0.2, 0) is 10.8 Å². The van der Waals surface area contributed by atoms with Crippen molar-refractivity contribution in [2.75, 3.05) is 17.6 Å². The van der Waals surface area contributed by atoms with Crippen LogP contribution in [0.15, 0.2) is 59.5 Å². The van der Waals surface area contributed by atoms with Crippen molar-refractivity contribution in [1.29, 1.82) is 0 Å². The molecule has 37 heavy (non-hydrogen) atoms. The van der Waals surface area contributed by atoms with Crippen molar-refractivity contribution in [1.82, 2.24) is 0 Å². The Hall–Kier alpha value is -2.15. The molecule has 0 amide bonds. The first-order chi connectivity index (χ1) is 17.8. The Morgan fingerprint density at radius 2 is 1.16 bits per heavy atom. The van der Waals surface area contributed by atoms with Crippen molar-refractivity contribution in [2.45, 2.75) is 101 Å². The zero-order chi connectivity index (χ0) is 26.8. The molecule has 7 heteroatoms. The number of nitrogens with one attached hydrogen (secondary N) is 1. The van der Waals surface area contributed by atoms with Gasteiger partial charge < -0.3 is 5.32 Å². The van der Waals surface area contributed by atoms with Crippen molar-refractivity contribution in [2.24, 2.45) is 0 Å². The molecule has 0 aromatic heterocycles. The number of carbonyl (C=O) groups is 1. The normalized spacial score (nSPS) is 12.4. The lowest BCUT2D eigenvalue weighted by Crippen LogP contribution is -2.11. The average molecular weight is 538 g/mol. The summed E-state index contributed by atoms with van der Waals surface area (Å²) in [6.45, 7) is 0.897. The highest BCUT2D eigenvalue weighted by Crippen LogP contribution is 2.23. The first-order valence-corrected chi connectivity index (χ1v) is 15.0. The predicted molar refractivity (Wildman–Crippen MR) is 148 cm³/mol. The van der Waals surface area contributed by atoms with E-state index in [1.54, 1.807) is 24.3 Å². The molecule has 2 aromatic carbocycles. The third-order valence-corrected chi connectivity index (χ3v) is 7.76. The summed E-state index contributed by atoms with van der Waals surface area (Å²) < 4.78 is 48.6. The third kappa shape index (κ3) is 15.0. The molecule has 0 heterocycles. The molecule has 1 atom stereocenters. The van der Waals surface area contributed by atoms with Crippen molar-refractivity contribution >= 4 is 22.3 Å². The van der Waals surface area contributed by atoms with Crippen LogP contribution < -0.4 is 5.32 Å². The van der Waals surface area contributed by atoms with Crippen LogP contribution in [0.25, 0.3) is 0 Å². The summed E-state index contributed by atoms with van der Waals surface area (Å²) in [5.74, 6) is -0.126. The second kappa shape index (κ2) is 18.2. The summed E-state index contributed by atoms with van der Waals surface area (Å²) in [4.78, 5) is 13.1. The Bertz CT molecular complexity index is 901. The number of benzene rings is 2. The van der Waals surface area contributed by atoms with Crippen LogP contribution in [0.2, 0.25) is 0 Å². The van der Waals surface area contributed by atoms with Gasteiger partial charge in [0.05, 0.1) is 16.6 Å². The van der Waals surface area contributed by atoms with Crippen LogP contribution >= 0.6 is 0 Å². The van der Waals surface area contributed by atoms with Crippen LogP contribution in [-0.4, -0.2) is 28.5 Å². The van der Waals surface area contributed by atoms with Gasteiger partial charge in [-0.2, -0.15) is 13.2 Å². The molecule has 0 aliphatic carbocycles. The smallest absolute Gasteiger partial charge is 0.385 e. The first-order valence-electron chi connectivity index (χ1n) is 13.7.